The number of carbonyl (C=O) groups excluding carboxylic acids is 1. The molecule has 1 heterocycles. The zero-order valence-corrected chi connectivity index (χ0v) is 11.5. The van der Waals surface area contributed by atoms with Gasteiger partial charge in [-0.2, -0.15) is 0 Å². The van der Waals surface area contributed by atoms with Gasteiger partial charge in [-0.1, -0.05) is 17.7 Å². The minimum atomic E-state index is 0.0810. The van der Waals surface area contributed by atoms with Gasteiger partial charge in [0.15, 0.2) is 0 Å². The van der Waals surface area contributed by atoms with E-state index in [0.717, 1.165) is 37.1 Å². The molecule has 102 valence electrons. The summed E-state index contributed by atoms with van der Waals surface area (Å²) in [5, 5.41) is 6.58. The molecule has 0 unspecified atom stereocenters. The lowest BCUT2D eigenvalue weighted by atomic mass is 9.60. The molecule has 3 nitrogen and oxygen atoms in total. The molecule has 19 heavy (non-hydrogen) atoms. The van der Waals surface area contributed by atoms with E-state index in [1.807, 2.05) is 31.2 Å². The summed E-state index contributed by atoms with van der Waals surface area (Å²) in [6.45, 7) is 4.29. The van der Waals surface area contributed by atoms with Gasteiger partial charge < -0.3 is 10.6 Å². The molecule has 0 atom stereocenters. The van der Waals surface area contributed by atoms with E-state index in [9.17, 15) is 4.79 Å². The Morgan fingerprint density at radius 3 is 2.74 bits per heavy atom. The largest absolute Gasteiger partial charge is 0.349 e. The van der Waals surface area contributed by atoms with Crippen LogP contribution in [0.3, 0.4) is 0 Å². The highest BCUT2D eigenvalue weighted by molar-refractivity contribution is 5.94. The van der Waals surface area contributed by atoms with Crippen molar-refractivity contribution < 1.29 is 4.79 Å². The van der Waals surface area contributed by atoms with Crippen molar-refractivity contribution in [1.29, 1.82) is 0 Å². The van der Waals surface area contributed by atoms with E-state index in [4.69, 9.17) is 0 Å². The van der Waals surface area contributed by atoms with Crippen molar-refractivity contribution in [2.24, 2.45) is 5.41 Å². The molecular weight excluding hydrogens is 236 g/mol. The molecule has 3 heteroatoms. The summed E-state index contributed by atoms with van der Waals surface area (Å²) in [5.74, 6) is 0.0810. The molecule has 2 aliphatic rings. The molecular formula is C16H22N2O. The van der Waals surface area contributed by atoms with E-state index in [2.05, 4.69) is 10.6 Å². The van der Waals surface area contributed by atoms with Gasteiger partial charge in [-0.25, -0.2) is 0 Å². The van der Waals surface area contributed by atoms with Crippen LogP contribution in [0.4, 0.5) is 0 Å². The quantitative estimate of drug-likeness (QED) is 0.854. The van der Waals surface area contributed by atoms with E-state index in [0.29, 0.717) is 11.5 Å². The van der Waals surface area contributed by atoms with Crippen LogP contribution in [0.2, 0.25) is 0 Å². The average Bonchev–Trinajstić information content (AvgIpc) is 2.38. The Bertz CT molecular complexity index is 469. The zero-order valence-electron chi connectivity index (χ0n) is 11.5. The number of hydrogen-bond acceptors (Lipinski definition) is 2. The molecule has 1 aliphatic heterocycles. The maximum atomic E-state index is 12.1. The summed E-state index contributed by atoms with van der Waals surface area (Å²) in [6, 6.07) is 8.19. The van der Waals surface area contributed by atoms with Gasteiger partial charge in [0.2, 0.25) is 0 Å². The van der Waals surface area contributed by atoms with Gasteiger partial charge in [-0.3, -0.25) is 4.79 Å². The second-order valence-corrected chi connectivity index (χ2v) is 6.20. The fourth-order valence-electron chi connectivity index (χ4n) is 3.51. The molecule has 2 N–H and O–H groups in total. The molecule has 1 aromatic rings. The highest BCUT2D eigenvalue weighted by Crippen LogP contribution is 2.47. The third-order valence-electron chi connectivity index (χ3n) is 4.64. The van der Waals surface area contributed by atoms with Crippen molar-refractivity contribution in [3.8, 4) is 0 Å². The SMILES string of the molecule is Cc1cccc(C(=O)NC2CC3(CCNCC3)C2)c1. The summed E-state index contributed by atoms with van der Waals surface area (Å²) in [6.07, 6.45) is 4.85. The Morgan fingerprint density at radius 1 is 1.32 bits per heavy atom. The number of nitrogens with one attached hydrogen (secondary N) is 2. The number of amides is 1. The molecule has 0 bridgehead atoms. The van der Waals surface area contributed by atoms with Crippen LogP contribution in [0.1, 0.15) is 41.6 Å². The summed E-state index contributed by atoms with van der Waals surface area (Å²) in [5.41, 5.74) is 2.44. The zero-order chi connectivity index (χ0) is 13.3. The Labute approximate surface area is 114 Å². The first-order valence-corrected chi connectivity index (χ1v) is 7.25. The van der Waals surface area contributed by atoms with E-state index in [1.165, 1.54) is 12.8 Å². The van der Waals surface area contributed by atoms with Gasteiger partial charge in [0.05, 0.1) is 0 Å². The van der Waals surface area contributed by atoms with Gasteiger partial charge in [-0.05, 0) is 63.2 Å². The smallest absolute Gasteiger partial charge is 0.251 e. The van der Waals surface area contributed by atoms with Crippen LogP contribution in [-0.2, 0) is 0 Å². The van der Waals surface area contributed by atoms with Crippen LogP contribution >= 0.6 is 0 Å². The van der Waals surface area contributed by atoms with E-state index >= 15 is 0 Å². The molecule has 1 spiro atoms. The van der Waals surface area contributed by atoms with Crippen LogP contribution in [0.15, 0.2) is 24.3 Å². The molecule has 0 radical (unpaired) electrons. The Kier molecular flexibility index (Phi) is 3.31. The molecule has 0 aromatic heterocycles. The van der Waals surface area contributed by atoms with Crippen molar-refractivity contribution in [3.63, 3.8) is 0 Å². The number of rotatable bonds is 2. The molecule has 2 fully saturated rings. The highest BCUT2D eigenvalue weighted by atomic mass is 16.1. The number of piperidine rings is 1. The van der Waals surface area contributed by atoms with Crippen LogP contribution in [0, 0.1) is 12.3 Å². The highest BCUT2D eigenvalue weighted by Gasteiger charge is 2.44. The number of benzene rings is 1. The van der Waals surface area contributed by atoms with E-state index in [1.54, 1.807) is 0 Å². The summed E-state index contributed by atoms with van der Waals surface area (Å²) < 4.78 is 0. The average molecular weight is 258 g/mol. The fraction of sp³-hybridized carbons (Fsp3) is 0.562. The summed E-state index contributed by atoms with van der Waals surface area (Å²) >= 11 is 0. The maximum Gasteiger partial charge on any atom is 0.251 e. The van der Waals surface area contributed by atoms with Crippen LogP contribution in [0.25, 0.3) is 0 Å². The minimum absolute atomic E-state index is 0.0810. The molecule has 1 saturated heterocycles. The number of carbonyl (C=O) groups is 1. The Balaban J connectivity index is 1.55. The minimum Gasteiger partial charge on any atom is -0.349 e. The van der Waals surface area contributed by atoms with Crippen molar-refractivity contribution in [1.82, 2.24) is 10.6 Å². The van der Waals surface area contributed by atoms with E-state index < -0.39 is 0 Å². The predicted molar refractivity (Wildman–Crippen MR) is 76.2 cm³/mol. The van der Waals surface area contributed by atoms with Gasteiger partial charge in [0.1, 0.15) is 0 Å². The lowest BCUT2D eigenvalue weighted by molar-refractivity contribution is 0.0423. The fourth-order valence-corrected chi connectivity index (χ4v) is 3.51. The monoisotopic (exact) mass is 258 g/mol. The van der Waals surface area contributed by atoms with Gasteiger partial charge >= 0.3 is 0 Å². The topological polar surface area (TPSA) is 41.1 Å². The second-order valence-electron chi connectivity index (χ2n) is 6.20. The normalized spacial score (nSPS) is 21.9. The molecule has 1 amide bonds. The third kappa shape index (κ3) is 2.66. The van der Waals surface area contributed by atoms with Crippen molar-refractivity contribution >= 4 is 5.91 Å². The lowest BCUT2D eigenvalue weighted by Crippen LogP contribution is -2.54. The standard InChI is InChI=1S/C16H22N2O/c1-12-3-2-4-13(9-12)15(19)18-14-10-16(11-14)5-7-17-8-6-16/h2-4,9,14,17H,5-8,10-11H2,1H3,(H,18,19). The van der Waals surface area contributed by atoms with Crippen molar-refractivity contribution in [2.75, 3.05) is 13.1 Å². The van der Waals surface area contributed by atoms with Crippen LogP contribution in [-0.4, -0.2) is 25.0 Å². The van der Waals surface area contributed by atoms with Gasteiger partial charge in [0, 0.05) is 11.6 Å². The van der Waals surface area contributed by atoms with Gasteiger partial charge in [0.25, 0.3) is 5.91 Å². The maximum absolute atomic E-state index is 12.1. The first-order valence-electron chi connectivity index (χ1n) is 7.25. The van der Waals surface area contributed by atoms with Crippen LogP contribution < -0.4 is 10.6 Å². The summed E-state index contributed by atoms with van der Waals surface area (Å²) in [4.78, 5) is 12.1. The summed E-state index contributed by atoms with van der Waals surface area (Å²) in [7, 11) is 0. The van der Waals surface area contributed by atoms with Crippen molar-refractivity contribution in [3.05, 3.63) is 35.4 Å². The number of aryl methyl sites for hydroxylation is 1. The molecule has 1 aromatic carbocycles. The number of hydrogen-bond donors (Lipinski definition) is 2. The lowest BCUT2D eigenvalue weighted by Gasteiger charge is -2.50. The van der Waals surface area contributed by atoms with E-state index in [-0.39, 0.29) is 5.91 Å². The molecule has 3 rings (SSSR count). The Morgan fingerprint density at radius 2 is 2.05 bits per heavy atom. The van der Waals surface area contributed by atoms with Gasteiger partial charge in [-0.15, -0.1) is 0 Å². The third-order valence-corrected chi connectivity index (χ3v) is 4.64. The predicted octanol–water partition coefficient (Wildman–Crippen LogP) is 2.26. The van der Waals surface area contributed by atoms with Crippen molar-refractivity contribution in [2.45, 2.75) is 38.6 Å². The first-order chi connectivity index (χ1) is 9.17. The van der Waals surface area contributed by atoms with Crippen LogP contribution in [0.5, 0.6) is 0 Å². The first kappa shape index (κ1) is 12.7. The Hall–Kier alpha value is -1.35. The molecule has 1 aliphatic carbocycles. The molecule has 1 saturated carbocycles. The second kappa shape index (κ2) is 4.97.